The van der Waals surface area contributed by atoms with Crippen molar-refractivity contribution in [2.24, 2.45) is 0 Å². The summed E-state index contributed by atoms with van der Waals surface area (Å²) in [5, 5.41) is 0. The molecule has 0 unspecified atom stereocenters. The van der Waals surface area contributed by atoms with E-state index < -0.39 is 12.6 Å². The number of rotatable bonds is 2. The summed E-state index contributed by atoms with van der Waals surface area (Å²) in [7, 11) is 2.11. The molecule has 132 valence electrons. The van der Waals surface area contributed by atoms with E-state index in [4.69, 9.17) is 0 Å². The molecule has 0 N–H and O–H groups in total. The summed E-state index contributed by atoms with van der Waals surface area (Å²) < 4.78 is 38.8. The molecule has 4 rings (SSSR count). The van der Waals surface area contributed by atoms with Crippen LogP contribution in [0.25, 0.3) is 11.1 Å². The van der Waals surface area contributed by atoms with Crippen molar-refractivity contribution in [1.29, 1.82) is 0 Å². The van der Waals surface area contributed by atoms with E-state index in [9.17, 15) is 13.2 Å². The van der Waals surface area contributed by atoms with E-state index >= 15 is 0 Å². The maximum absolute atomic E-state index is 12.9. The minimum atomic E-state index is -4.19. The SMILES string of the molecule is CN1CC2(CCCC2)c2cc(-c3ccccc3CC(F)(F)F)ccc21. The first-order valence-corrected chi connectivity index (χ1v) is 8.89. The molecule has 1 spiro atoms. The third kappa shape index (κ3) is 2.92. The van der Waals surface area contributed by atoms with Gasteiger partial charge in [0, 0.05) is 24.7 Å². The van der Waals surface area contributed by atoms with E-state index in [1.165, 1.54) is 36.9 Å². The Morgan fingerprint density at radius 2 is 1.76 bits per heavy atom. The van der Waals surface area contributed by atoms with Crippen LogP contribution in [0, 0.1) is 0 Å². The molecule has 2 aromatic rings. The second-order valence-electron chi connectivity index (χ2n) is 7.52. The van der Waals surface area contributed by atoms with Crippen LogP contribution in [0.5, 0.6) is 0 Å². The van der Waals surface area contributed by atoms with Gasteiger partial charge < -0.3 is 4.90 Å². The zero-order valence-electron chi connectivity index (χ0n) is 14.4. The quantitative estimate of drug-likeness (QED) is 0.673. The minimum absolute atomic E-state index is 0.194. The highest BCUT2D eigenvalue weighted by molar-refractivity contribution is 5.74. The lowest BCUT2D eigenvalue weighted by Gasteiger charge is -2.24. The van der Waals surface area contributed by atoms with E-state index in [1.54, 1.807) is 12.1 Å². The summed E-state index contributed by atoms with van der Waals surface area (Å²) in [5.41, 5.74) is 4.71. The van der Waals surface area contributed by atoms with Crippen LogP contribution >= 0.6 is 0 Å². The van der Waals surface area contributed by atoms with Crippen LogP contribution in [0.4, 0.5) is 18.9 Å². The monoisotopic (exact) mass is 345 g/mol. The number of hydrogen-bond donors (Lipinski definition) is 0. The molecule has 0 saturated heterocycles. The van der Waals surface area contributed by atoms with Gasteiger partial charge in [-0.3, -0.25) is 0 Å². The summed E-state index contributed by atoms with van der Waals surface area (Å²) in [6, 6.07) is 13.1. The van der Waals surface area contributed by atoms with Gasteiger partial charge in [-0.15, -0.1) is 0 Å². The van der Waals surface area contributed by atoms with Gasteiger partial charge in [0.2, 0.25) is 0 Å². The van der Waals surface area contributed by atoms with Crippen LogP contribution in [-0.4, -0.2) is 19.8 Å². The van der Waals surface area contributed by atoms with Crippen molar-refractivity contribution in [2.45, 2.75) is 43.7 Å². The van der Waals surface area contributed by atoms with E-state index in [0.717, 1.165) is 12.1 Å². The van der Waals surface area contributed by atoms with Gasteiger partial charge in [-0.2, -0.15) is 13.2 Å². The van der Waals surface area contributed by atoms with Crippen LogP contribution < -0.4 is 4.90 Å². The van der Waals surface area contributed by atoms with E-state index in [-0.39, 0.29) is 5.41 Å². The van der Waals surface area contributed by atoms with Gasteiger partial charge >= 0.3 is 6.18 Å². The first-order chi connectivity index (χ1) is 11.9. The van der Waals surface area contributed by atoms with Crippen molar-refractivity contribution < 1.29 is 13.2 Å². The highest BCUT2D eigenvalue weighted by Crippen LogP contribution is 2.51. The summed E-state index contributed by atoms with van der Waals surface area (Å²) in [4.78, 5) is 2.30. The van der Waals surface area contributed by atoms with Gasteiger partial charge in [0.05, 0.1) is 6.42 Å². The highest BCUT2D eigenvalue weighted by atomic mass is 19.4. The first-order valence-electron chi connectivity index (χ1n) is 8.89. The summed E-state index contributed by atoms with van der Waals surface area (Å²) in [6.45, 7) is 1.02. The largest absolute Gasteiger partial charge is 0.393 e. The fourth-order valence-corrected chi connectivity index (χ4v) is 4.74. The molecule has 0 amide bonds. The average Bonchev–Trinajstić information content (AvgIpc) is 3.13. The Bertz CT molecular complexity index is 788. The van der Waals surface area contributed by atoms with Crippen molar-refractivity contribution in [3.05, 3.63) is 53.6 Å². The molecule has 0 atom stereocenters. The molecule has 1 aliphatic heterocycles. The summed E-state index contributed by atoms with van der Waals surface area (Å²) in [6.07, 6.45) is -0.245. The first kappa shape index (κ1) is 16.5. The maximum Gasteiger partial charge on any atom is 0.393 e. The predicted molar refractivity (Wildman–Crippen MR) is 95.1 cm³/mol. The molecule has 0 radical (unpaired) electrons. The second-order valence-corrected chi connectivity index (χ2v) is 7.52. The Morgan fingerprint density at radius 3 is 2.48 bits per heavy atom. The average molecular weight is 345 g/mol. The molecule has 1 fully saturated rings. The van der Waals surface area contributed by atoms with Gasteiger partial charge in [-0.05, 0) is 47.2 Å². The van der Waals surface area contributed by atoms with E-state index in [2.05, 4.69) is 24.1 Å². The van der Waals surface area contributed by atoms with Gasteiger partial charge in [0.1, 0.15) is 0 Å². The van der Waals surface area contributed by atoms with Crippen molar-refractivity contribution in [3.8, 4) is 11.1 Å². The van der Waals surface area contributed by atoms with Crippen LogP contribution in [0.3, 0.4) is 0 Å². The van der Waals surface area contributed by atoms with Gasteiger partial charge in [-0.1, -0.05) is 43.2 Å². The molecule has 4 heteroatoms. The molecule has 0 aromatic heterocycles. The molecule has 25 heavy (non-hydrogen) atoms. The molecule has 1 nitrogen and oxygen atoms in total. The Kier molecular flexibility index (Phi) is 3.82. The number of fused-ring (bicyclic) bond motifs is 2. The summed E-state index contributed by atoms with van der Waals surface area (Å²) in [5.74, 6) is 0. The standard InChI is InChI=1S/C21H22F3N/c1-25-14-20(10-4-5-11-20)18-12-15(8-9-19(18)25)17-7-3-2-6-16(17)13-21(22,23)24/h2-3,6-9,12H,4-5,10-11,13-14H2,1H3. The Hall–Kier alpha value is -1.97. The van der Waals surface area contributed by atoms with E-state index in [0.29, 0.717) is 11.1 Å². The zero-order valence-corrected chi connectivity index (χ0v) is 14.4. The molecule has 1 saturated carbocycles. The summed E-state index contributed by atoms with van der Waals surface area (Å²) >= 11 is 0. The topological polar surface area (TPSA) is 3.24 Å². The zero-order chi connectivity index (χ0) is 17.7. The number of anilines is 1. The predicted octanol–water partition coefficient (Wildman–Crippen LogP) is 5.72. The van der Waals surface area contributed by atoms with Gasteiger partial charge in [0.15, 0.2) is 0 Å². The van der Waals surface area contributed by atoms with Gasteiger partial charge in [0.25, 0.3) is 0 Å². The Morgan fingerprint density at radius 1 is 1.04 bits per heavy atom. The number of alkyl halides is 3. The minimum Gasteiger partial charge on any atom is -0.373 e. The smallest absolute Gasteiger partial charge is 0.373 e. The maximum atomic E-state index is 12.9. The number of halogens is 3. The van der Waals surface area contributed by atoms with Crippen LogP contribution in [-0.2, 0) is 11.8 Å². The molecular weight excluding hydrogens is 323 g/mol. The molecule has 2 aliphatic rings. The van der Waals surface area contributed by atoms with Crippen molar-refractivity contribution in [2.75, 3.05) is 18.5 Å². The molecule has 0 bridgehead atoms. The van der Waals surface area contributed by atoms with Crippen LogP contribution in [0.1, 0.15) is 36.8 Å². The lowest BCUT2D eigenvalue weighted by Crippen LogP contribution is -2.28. The number of hydrogen-bond acceptors (Lipinski definition) is 1. The number of likely N-dealkylation sites (N-methyl/N-ethyl adjacent to an activating group) is 1. The molecule has 1 heterocycles. The third-order valence-corrected chi connectivity index (χ3v) is 5.80. The lowest BCUT2D eigenvalue weighted by atomic mass is 9.79. The highest BCUT2D eigenvalue weighted by Gasteiger charge is 2.43. The Labute approximate surface area is 146 Å². The number of benzene rings is 2. The fourth-order valence-electron chi connectivity index (χ4n) is 4.74. The van der Waals surface area contributed by atoms with Crippen molar-refractivity contribution in [3.63, 3.8) is 0 Å². The molecule has 1 aliphatic carbocycles. The molecule has 2 aromatic carbocycles. The molecular formula is C21H22F3N. The second kappa shape index (κ2) is 5.79. The lowest BCUT2D eigenvalue weighted by molar-refractivity contribution is -0.127. The number of nitrogens with zero attached hydrogens (tertiary/aromatic N) is 1. The van der Waals surface area contributed by atoms with Crippen molar-refractivity contribution in [1.82, 2.24) is 0 Å². The van der Waals surface area contributed by atoms with Gasteiger partial charge in [-0.25, -0.2) is 0 Å². The fraction of sp³-hybridized carbons (Fsp3) is 0.429. The normalized spacial score (nSPS) is 18.8. The van der Waals surface area contributed by atoms with E-state index in [1.807, 2.05) is 18.2 Å². The third-order valence-electron chi connectivity index (χ3n) is 5.80. The van der Waals surface area contributed by atoms with Crippen LogP contribution in [0.15, 0.2) is 42.5 Å². The van der Waals surface area contributed by atoms with Crippen LogP contribution in [0.2, 0.25) is 0 Å². The van der Waals surface area contributed by atoms with Crippen molar-refractivity contribution >= 4 is 5.69 Å². The Balaban J connectivity index is 1.79.